The predicted molar refractivity (Wildman–Crippen MR) is 129 cm³/mol. The Kier molecular flexibility index (Phi) is 7.20. The first-order chi connectivity index (χ1) is 16.3. The van der Waals surface area contributed by atoms with Gasteiger partial charge in [0.2, 0.25) is 5.75 Å². The Labute approximate surface area is 195 Å². The van der Waals surface area contributed by atoms with E-state index < -0.39 is 17.2 Å². The summed E-state index contributed by atoms with van der Waals surface area (Å²) in [6.07, 6.45) is 6.49. The van der Waals surface area contributed by atoms with Crippen molar-refractivity contribution in [1.29, 1.82) is 0 Å². The smallest absolute Gasteiger partial charge is 0.333 e. The third-order valence-corrected chi connectivity index (χ3v) is 5.05. The van der Waals surface area contributed by atoms with E-state index in [4.69, 9.17) is 14.2 Å². The number of methoxy groups -OCH3 is 2. The Hall–Kier alpha value is -4.34. The van der Waals surface area contributed by atoms with Gasteiger partial charge in [0.15, 0.2) is 22.7 Å². The standard InChI is InChI=1S/C24H26N4O6/c1-7-11-27-22-20(23(30)28(12-8-2)24(27)31)26(4)19(25-22)10-9-16-13-17(32-5)21(34-15(3)29)18(14-16)33-6/h7-10,13-14H,1-2,11-12H2,3-6H3/b10-9+. The molecule has 0 amide bonds. The quantitative estimate of drug-likeness (QED) is 0.271. The number of esters is 1. The summed E-state index contributed by atoms with van der Waals surface area (Å²) in [4.78, 5) is 41.8. The fourth-order valence-corrected chi connectivity index (χ4v) is 3.52. The molecule has 0 spiro atoms. The van der Waals surface area contributed by atoms with Gasteiger partial charge in [0.25, 0.3) is 5.56 Å². The van der Waals surface area contributed by atoms with Crippen molar-refractivity contribution < 1.29 is 19.0 Å². The lowest BCUT2D eigenvalue weighted by atomic mass is 10.1. The highest BCUT2D eigenvalue weighted by Gasteiger charge is 2.19. The van der Waals surface area contributed by atoms with Crippen molar-refractivity contribution in [3.63, 3.8) is 0 Å². The van der Waals surface area contributed by atoms with Crippen molar-refractivity contribution in [3.8, 4) is 17.2 Å². The Morgan fingerprint density at radius 1 is 1.03 bits per heavy atom. The summed E-state index contributed by atoms with van der Waals surface area (Å²) in [6, 6.07) is 3.34. The molecule has 0 aliphatic carbocycles. The first kappa shape index (κ1) is 24.3. The normalized spacial score (nSPS) is 11.1. The molecule has 0 saturated carbocycles. The van der Waals surface area contributed by atoms with E-state index in [0.29, 0.717) is 22.9 Å². The molecule has 0 saturated heterocycles. The van der Waals surface area contributed by atoms with Crippen LogP contribution in [0.4, 0.5) is 0 Å². The molecule has 10 nitrogen and oxygen atoms in total. The molecule has 0 aliphatic rings. The first-order valence-electron chi connectivity index (χ1n) is 10.3. The molecular weight excluding hydrogens is 440 g/mol. The SMILES string of the molecule is C=CCn1c(=O)c2c(nc(/C=C/c3cc(OC)c(OC(C)=O)c(OC)c3)n2C)n(CC=C)c1=O. The molecule has 0 unspecified atom stereocenters. The van der Waals surface area contributed by atoms with E-state index >= 15 is 0 Å². The second kappa shape index (κ2) is 10.1. The summed E-state index contributed by atoms with van der Waals surface area (Å²) in [5.74, 6) is 0.737. The Morgan fingerprint density at radius 3 is 2.15 bits per heavy atom. The molecule has 2 aromatic heterocycles. The maximum atomic E-state index is 13.0. The molecule has 34 heavy (non-hydrogen) atoms. The van der Waals surface area contributed by atoms with Gasteiger partial charge >= 0.3 is 11.7 Å². The van der Waals surface area contributed by atoms with Gasteiger partial charge in [-0.15, -0.1) is 13.2 Å². The minimum absolute atomic E-state index is 0.0787. The Bertz CT molecular complexity index is 1400. The number of benzene rings is 1. The number of carbonyl (C=O) groups is 1. The maximum absolute atomic E-state index is 13.0. The van der Waals surface area contributed by atoms with Gasteiger partial charge in [0, 0.05) is 27.1 Å². The molecule has 178 valence electrons. The van der Waals surface area contributed by atoms with Crippen LogP contribution in [0.5, 0.6) is 17.2 Å². The number of aromatic nitrogens is 4. The number of imidazole rings is 1. The van der Waals surface area contributed by atoms with Gasteiger partial charge in [-0.05, 0) is 23.8 Å². The second-order valence-corrected chi connectivity index (χ2v) is 7.27. The van der Waals surface area contributed by atoms with E-state index in [9.17, 15) is 14.4 Å². The zero-order chi connectivity index (χ0) is 25.0. The number of hydrogen-bond acceptors (Lipinski definition) is 7. The molecule has 0 radical (unpaired) electrons. The summed E-state index contributed by atoms with van der Waals surface area (Å²) < 4.78 is 20.0. The number of carbonyl (C=O) groups excluding carboxylic acids is 1. The molecule has 10 heteroatoms. The third-order valence-electron chi connectivity index (χ3n) is 5.05. The lowest BCUT2D eigenvalue weighted by molar-refractivity contribution is -0.132. The maximum Gasteiger partial charge on any atom is 0.333 e. The average Bonchev–Trinajstić information content (AvgIpc) is 3.14. The summed E-state index contributed by atoms with van der Waals surface area (Å²) in [5, 5.41) is 0. The number of nitrogens with zero attached hydrogens (tertiary/aromatic N) is 4. The summed E-state index contributed by atoms with van der Waals surface area (Å²) in [5.41, 5.74) is 0.274. The van der Waals surface area contributed by atoms with E-state index in [1.807, 2.05) is 0 Å². The minimum Gasteiger partial charge on any atom is -0.493 e. The Morgan fingerprint density at radius 2 is 1.62 bits per heavy atom. The van der Waals surface area contributed by atoms with Gasteiger partial charge in [-0.25, -0.2) is 9.78 Å². The lowest BCUT2D eigenvalue weighted by Crippen LogP contribution is -2.40. The van der Waals surface area contributed by atoms with Crippen molar-refractivity contribution in [1.82, 2.24) is 18.7 Å². The predicted octanol–water partition coefficient (Wildman–Crippen LogP) is 2.38. The Balaban J connectivity index is 2.17. The molecule has 0 fully saturated rings. The molecule has 0 bridgehead atoms. The molecular formula is C24H26N4O6. The van der Waals surface area contributed by atoms with Crippen molar-refractivity contribution in [2.24, 2.45) is 7.05 Å². The molecule has 0 N–H and O–H groups in total. The van der Waals surface area contributed by atoms with E-state index in [1.54, 1.807) is 42.0 Å². The fourth-order valence-electron chi connectivity index (χ4n) is 3.52. The number of ether oxygens (including phenoxy) is 3. The van der Waals surface area contributed by atoms with Crippen LogP contribution in [0.3, 0.4) is 0 Å². The zero-order valence-electron chi connectivity index (χ0n) is 19.5. The van der Waals surface area contributed by atoms with Crippen LogP contribution in [-0.4, -0.2) is 38.9 Å². The molecule has 3 rings (SSSR count). The third kappa shape index (κ3) is 4.42. The van der Waals surface area contributed by atoms with Crippen LogP contribution in [0.15, 0.2) is 47.0 Å². The van der Waals surface area contributed by atoms with Crippen LogP contribution in [0.25, 0.3) is 23.3 Å². The van der Waals surface area contributed by atoms with E-state index in [2.05, 4.69) is 18.1 Å². The van der Waals surface area contributed by atoms with Crippen LogP contribution in [0.2, 0.25) is 0 Å². The highest BCUT2D eigenvalue weighted by atomic mass is 16.6. The largest absolute Gasteiger partial charge is 0.493 e. The van der Waals surface area contributed by atoms with Crippen molar-refractivity contribution in [2.45, 2.75) is 20.0 Å². The van der Waals surface area contributed by atoms with Crippen LogP contribution in [0.1, 0.15) is 18.3 Å². The fraction of sp³-hybridized carbons (Fsp3) is 0.250. The number of fused-ring (bicyclic) bond motifs is 1. The topological polar surface area (TPSA) is 107 Å². The van der Waals surface area contributed by atoms with Gasteiger partial charge in [-0.1, -0.05) is 18.2 Å². The second-order valence-electron chi connectivity index (χ2n) is 7.27. The number of hydrogen-bond donors (Lipinski definition) is 0. The lowest BCUT2D eigenvalue weighted by Gasteiger charge is -2.13. The number of rotatable bonds is 9. The van der Waals surface area contributed by atoms with Crippen LogP contribution >= 0.6 is 0 Å². The number of aryl methyl sites for hydroxylation is 1. The minimum atomic E-state index is -0.507. The van der Waals surface area contributed by atoms with Gasteiger partial charge in [0.1, 0.15) is 5.82 Å². The van der Waals surface area contributed by atoms with E-state index in [0.717, 1.165) is 4.57 Å². The van der Waals surface area contributed by atoms with E-state index in [-0.39, 0.29) is 30.0 Å². The van der Waals surface area contributed by atoms with Crippen LogP contribution in [-0.2, 0) is 24.9 Å². The molecule has 1 aromatic carbocycles. The van der Waals surface area contributed by atoms with Crippen LogP contribution < -0.4 is 25.5 Å². The van der Waals surface area contributed by atoms with Crippen molar-refractivity contribution in [3.05, 3.63) is 69.7 Å². The monoisotopic (exact) mass is 466 g/mol. The molecule has 2 heterocycles. The summed E-state index contributed by atoms with van der Waals surface area (Å²) in [6.45, 7) is 8.88. The van der Waals surface area contributed by atoms with Gasteiger partial charge in [0.05, 0.1) is 14.2 Å². The molecule has 3 aromatic rings. The van der Waals surface area contributed by atoms with Crippen molar-refractivity contribution in [2.75, 3.05) is 14.2 Å². The van der Waals surface area contributed by atoms with Crippen molar-refractivity contribution >= 4 is 29.3 Å². The summed E-state index contributed by atoms with van der Waals surface area (Å²) in [7, 11) is 4.60. The summed E-state index contributed by atoms with van der Waals surface area (Å²) >= 11 is 0. The van der Waals surface area contributed by atoms with Gasteiger partial charge in [-0.3, -0.25) is 18.7 Å². The van der Waals surface area contributed by atoms with Gasteiger partial charge in [-0.2, -0.15) is 0 Å². The number of allylic oxidation sites excluding steroid dienone is 2. The zero-order valence-corrected chi connectivity index (χ0v) is 19.5. The average molecular weight is 466 g/mol. The van der Waals surface area contributed by atoms with Gasteiger partial charge < -0.3 is 18.8 Å². The highest BCUT2D eigenvalue weighted by Crippen LogP contribution is 2.39. The highest BCUT2D eigenvalue weighted by molar-refractivity contribution is 5.78. The molecule has 0 aliphatic heterocycles. The molecule has 0 atom stereocenters. The van der Waals surface area contributed by atoms with Crippen LogP contribution in [0, 0.1) is 0 Å². The first-order valence-corrected chi connectivity index (χ1v) is 10.3. The van der Waals surface area contributed by atoms with E-state index in [1.165, 1.54) is 31.8 Å².